The van der Waals surface area contributed by atoms with Crippen LogP contribution in [0.1, 0.15) is 42.2 Å². The largest absolute Gasteiger partial charge is 0.302 e. The second-order valence-corrected chi connectivity index (χ2v) is 5.46. The number of fused-ring (bicyclic) bond motifs is 1. The summed E-state index contributed by atoms with van der Waals surface area (Å²) in [5.41, 5.74) is 3.71. The molecule has 1 N–H and O–H groups in total. The number of pyridine rings is 1. The highest BCUT2D eigenvalue weighted by atomic mass is 35.5. The summed E-state index contributed by atoms with van der Waals surface area (Å²) in [4.78, 5) is 4.51. The Bertz CT molecular complexity index is 582. The van der Waals surface area contributed by atoms with Crippen LogP contribution in [-0.4, -0.2) is 4.98 Å². The first-order valence-electron chi connectivity index (χ1n) is 6.70. The first kappa shape index (κ1) is 12.6. The molecule has 3 heteroatoms. The number of nitrogens with zero attached hydrogens (tertiary/aromatic N) is 1. The molecule has 0 fully saturated rings. The molecule has 1 aliphatic rings. The van der Waals surface area contributed by atoms with E-state index in [0.717, 1.165) is 23.4 Å². The third kappa shape index (κ3) is 2.51. The number of aromatic nitrogens is 1. The third-order valence-electron chi connectivity index (χ3n) is 3.78. The SMILES string of the molecule is C[C@H](NC1CCc2cccnc21)c1ccccc1Cl. The molecule has 0 saturated carbocycles. The van der Waals surface area contributed by atoms with E-state index in [0.29, 0.717) is 6.04 Å². The lowest BCUT2D eigenvalue weighted by atomic mass is 10.1. The van der Waals surface area contributed by atoms with Gasteiger partial charge in [-0.15, -0.1) is 0 Å². The molecule has 0 saturated heterocycles. The normalized spacial score (nSPS) is 19.2. The molecule has 19 heavy (non-hydrogen) atoms. The van der Waals surface area contributed by atoms with E-state index in [-0.39, 0.29) is 6.04 Å². The fourth-order valence-corrected chi connectivity index (χ4v) is 3.09. The Kier molecular flexibility index (Phi) is 3.54. The zero-order valence-electron chi connectivity index (χ0n) is 10.9. The van der Waals surface area contributed by atoms with Crippen LogP contribution in [0.3, 0.4) is 0 Å². The summed E-state index contributed by atoms with van der Waals surface area (Å²) in [5, 5.41) is 4.47. The molecule has 1 unspecified atom stereocenters. The van der Waals surface area contributed by atoms with Crippen LogP contribution in [0.5, 0.6) is 0 Å². The zero-order chi connectivity index (χ0) is 13.2. The quantitative estimate of drug-likeness (QED) is 0.911. The molecule has 2 nitrogen and oxygen atoms in total. The van der Waals surface area contributed by atoms with Gasteiger partial charge in [-0.05, 0) is 43.0 Å². The van der Waals surface area contributed by atoms with E-state index >= 15 is 0 Å². The first-order valence-corrected chi connectivity index (χ1v) is 7.08. The maximum Gasteiger partial charge on any atom is 0.0605 e. The van der Waals surface area contributed by atoms with Crippen LogP contribution in [0.25, 0.3) is 0 Å². The molecule has 98 valence electrons. The number of aryl methyl sites for hydroxylation is 1. The summed E-state index contributed by atoms with van der Waals surface area (Å²) in [6, 6.07) is 12.8. The summed E-state index contributed by atoms with van der Waals surface area (Å²) in [7, 11) is 0. The van der Waals surface area contributed by atoms with Crippen molar-refractivity contribution < 1.29 is 0 Å². The Hall–Kier alpha value is -1.38. The van der Waals surface area contributed by atoms with Crippen molar-refractivity contribution in [2.24, 2.45) is 0 Å². The smallest absolute Gasteiger partial charge is 0.0605 e. The first-order chi connectivity index (χ1) is 9.25. The van der Waals surface area contributed by atoms with Crippen molar-refractivity contribution in [2.75, 3.05) is 0 Å². The Labute approximate surface area is 118 Å². The van der Waals surface area contributed by atoms with Gasteiger partial charge in [-0.3, -0.25) is 4.98 Å². The van der Waals surface area contributed by atoms with Gasteiger partial charge in [0.2, 0.25) is 0 Å². The van der Waals surface area contributed by atoms with Gasteiger partial charge in [0.15, 0.2) is 0 Å². The van der Waals surface area contributed by atoms with E-state index in [1.165, 1.54) is 11.3 Å². The van der Waals surface area contributed by atoms with Crippen LogP contribution in [0, 0.1) is 0 Å². The molecule has 1 heterocycles. The summed E-state index contributed by atoms with van der Waals surface area (Å²) in [6.45, 7) is 2.15. The number of halogens is 1. The molecule has 0 bridgehead atoms. The maximum absolute atomic E-state index is 6.25. The van der Waals surface area contributed by atoms with Crippen LogP contribution >= 0.6 is 11.6 Å². The highest BCUT2D eigenvalue weighted by molar-refractivity contribution is 6.31. The van der Waals surface area contributed by atoms with E-state index < -0.39 is 0 Å². The van der Waals surface area contributed by atoms with Gasteiger partial charge >= 0.3 is 0 Å². The Morgan fingerprint density at radius 3 is 2.95 bits per heavy atom. The summed E-state index contributed by atoms with van der Waals surface area (Å²) >= 11 is 6.25. The van der Waals surface area contributed by atoms with Crippen molar-refractivity contribution in [3.05, 3.63) is 64.4 Å². The van der Waals surface area contributed by atoms with Crippen LogP contribution in [0.4, 0.5) is 0 Å². The molecule has 3 rings (SSSR count). The monoisotopic (exact) mass is 272 g/mol. The van der Waals surface area contributed by atoms with Gasteiger partial charge in [-0.2, -0.15) is 0 Å². The Morgan fingerprint density at radius 1 is 1.26 bits per heavy atom. The van der Waals surface area contributed by atoms with Gasteiger partial charge in [0.1, 0.15) is 0 Å². The van der Waals surface area contributed by atoms with Crippen molar-refractivity contribution >= 4 is 11.6 Å². The fraction of sp³-hybridized carbons (Fsp3) is 0.312. The third-order valence-corrected chi connectivity index (χ3v) is 4.13. The van der Waals surface area contributed by atoms with Gasteiger partial charge in [0, 0.05) is 17.3 Å². The molecular weight excluding hydrogens is 256 g/mol. The summed E-state index contributed by atoms with van der Waals surface area (Å²) < 4.78 is 0. The maximum atomic E-state index is 6.25. The van der Waals surface area contributed by atoms with Crippen LogP contribution < -0.4 is 5.32 Å². The van der Waals surface area contributed by atoms with E-state index in [1.54, 1.807) is 0 Å². The van der Waals surface area contributed by atoms with E-state index in [1.807, 2.05) is 30.5 Å². The zero-order valence-corrected chi connectivity index (χ0v) is 11.7. The predicted octanol–water partition coefficient (Wildman–Crippen LogP) is 4.07. The number of hydrogen-bond donors (Lipinski definition) is 1. The van der Waals surface area contributed by atoms with Gasteiger partial charge in [0.05, 0.1) is 11.7 Å². The predicted molar refractivity (Wildman–Crippen MR) is 78.3 cm³/mol. The molecule has 0 aliphatic heterocycles. The molecule has 2 atom stereocenters. The second kappa shape index (κ2) is 5.32. The van der Waals surface area contributed by atoms with Gasteiger partial charge < -0.3 is 5.32 Å². The molecule has 2 aromatic rings. The van der Waals surface area contributed by atoms with Gasteiger partial charge in [-0.25, -0.2) is 0 Å². The molecule has 1 aromatic heterocycles. The van der Waals surface area contributed by atoms with Crippen molar-refractivity contribution in [1.82, 2.24) is 10.3 Å². The number of hydrogen-bond acceptors (Lipinski definition) is 2. The topological polar surface area (TPSA) is 24.9 Å². The molecule has 1 aliphatic carbocycles. The molecule has 0 spiro atoms. The molecule has 0 amide bonds. The lowest BCUT2D eigenvalue weighted by Crippen LogP contribution is -2.23. The second-order valence-electron chi connectivity index (χ2n) is 5.05. The van der Waals surface area contributed by atoms with Crippen molar-refractivity contribution in [3.63, 3.8) is 0 Å². The molecule has 0 radical (unpaired) electrons. The lowest BCUT2D eigenvalue weighted by molar-refractivity contribution is 0.458. The van der Waals surface area contributed by atoms with Crippen molar-refractivity contribution in [1.29, 1.82) is 0 Å². The molecule has 1 aromatic carbocycles. The van der Waals surface area contributed by atoms with Crippen molar-refractivity contribution in [3.8, 4) is 0 Å². The Morgan fingerprint density at radius 2 is 2.11 bits per heavy atom. The van der Waals surface area contributed by atoms with Gasteiger partial charge in [0.25, 0.3) is 0 Å². The lowest BCUT2D eigenvalue weighted by Gasteiger charge is -2.21. The van der Waals surface area contributed by atoms with E-state index in [2.05, 4.69) is 29.4 Å². The number of benzene rings is 1. The van der Waals surface area contributed by atoms with Crippen LogP contribution in [0.15, 0.2) is 42.6 Å². The van der Waals surface area contributed by atoms with Crippen molar-refractivity contribution in [2.45, 2.75) is 31.8 Å². The average Bonchev–Trinajstić information content (AvgIpc) is 2.83. The summed E-state index contributed by atoms with van der Waals surface area (Å²) in [5.74, 6) is 0. The average molecular weight is 273 g/mol. The highest BCUT2D eigenvalue weighted by Crippen LogP contribution is 2.32. The minimum atomic E-state index is 0.228. The molecular formula is C16H17ClN2. The summed E-state index contributed by atoms with van der Waals surface area (Å²) in [6.07, 6.45) is 4.09. The highest BCUT2D eigenvalue weighted by Gasteiger charge is 2.25. The van der Waals surface area contributed by atoms with Gasteiger partial charge in [-0.1, -0.05) is 35.9 Å². The number of rotatable bonds is 3. The minimum absolute atomic E-state index is 0.228. The number of nitrogens with one attached hydrogen (secondary N) is 1. The van der Waals surface area contributed by atoms with E-state index in [9.17, 15) is 0 Å². The van der Waals surface area contributed by atoms with E-state index in [4.69, 9.17) is 11.6 Å². The minimum Gasteiger partial charge on any atom is -0.302 e. The van der Waals surface area contributed by atoms with Crippen LogP contribution in [0.2, 0.25) is 5.02 Å². The standard InChI is InChI=1S/C16H17ClN2/c1-11(13-6-2-3-7-14(13)17)19-15-9-8-12-5-4-10-18-16(12)15/h2-7,10-11,15,19H,8-9H2,1H3/t11-,15?/m0/s1. The fourth-order valence-electron chi connectivity index (χ4n) is 2.79. The Balaban J connectivity index is 1.78. The van der Waals surface area contributed by atoms with Crippen LogP contribution in [-0.2, 0) is 6.42 Å².